The van der Waals surface area contributed by atoms with Crippen LogP contribution in [0.25, 0.3) is 0 Å². The highest BCUT2D eigenvalue weighted by atomic mass is 32.2. The van der Waals surface area contributed by atoms with Crippen molar-refractivity contribution in [1.29, 1.82) is 0 Å². The van der Waals surface area contributed by atoms with E-state index in [1.807, 2.05) is 20.8 Å². The molecule has 0 atom stereocenters. The Morgan fingerprint density at radius 2 is 1.89 bits per heavy atom. The minimum atomic E-state index is -0.372. The molecule has 2 N–H and O–H groups in total. The quantitative estimate of drug-likeness (QED) is 0.835. The smallest absolute Gasteiger partial charge is 0.273 e. The van der Waals surface area contributed by atoms with Crippen LogP contribution < -0.4 is 10.9 Å². The summed E-state index contributed by atoms with van der Waals surface area (Å²) in [5, 5.41) is 0. The third-order valence-corrected chi connectivity index (χ3v) is 3.51. The molecule has 1 aromatic heterocycles. The van der Waals surface area contributed by atoms with E-state index in [-0.39, 0.29) is 16.6 Å². The van der Waals surface area contributed by atoms with Gasteiger partial charge in [0.1, 0.15) is 11.5 Å². The zero-order valence-corrected chi connectivity index (χ0v) is 12.7. The summed E-state index contributed by atoms with van der Waals surface area (Å²) in [5.74, 6) is 0.896. The van der Waals surface area contributed by atoms with Gasteiger partial charge in [0, 0.05) is 4.75 Å². The molecule has 19 heavy (non-hydrogen) atoms. The van der Waals surface area contributed by atoms with E-state index in [0.717, 1.165) is 0 Å². The van der Waals surface area contributed by atoms with E-state index < -0.39 is 0 Å². The standard InChI is InChI=1S/C13H20N2O3S/c1-8-6-10(9(2)18-8)12(17)15-14-11(16)7-19-13(3,4)5/h6H,7H2,1-5H3,(H,14,16)(H,15,17). The Morgan fingerprint density at radius 1 is 1.26 bits per heavy atom. The summed E-state index contributed by atoms with van der Waals surface area (Å²) in [5.41, 5.74) is 5.20. The van der Waals surface area contributed by atoms with Crippen molar-refractivity contribution in [2.75, 3.05) is 5.75 Å². The Kier molecular flexibility index (Phi) is 5.05. The lowest BCUT2D eigenvalue weighted by Gasteiger charge is -2.17. The second-order valence-electron chi connectivity index (χ2n) is 5.23. The van der Waals surface area contributed by atoms with Gasteiger partial charge < -0.3 is 4.42 Å². The first kappa shape index (κ1) is 15.6. The van der Waals surface area contributed by atoms with Gasteiger partial charge in [-0.05, 0) is 19.9 Å². The van der Waals surface area contributed by atoms with Gasteiger partial charge in [0.15, 0.2) is 0 Å². The molecule has 0 radical (unpaired) electrons. The molecule has 5 nitrogen and oxygen atoms in total. The van der Waals surface area contributed by atoms with Gasteiger partial charge in [-0.15, -0.1) is 11.8 Å². The van der Waals surface area contributed by atoms with Gasteiger partial charge in [-0.25, -0.2) is 0 Å². The zero-order chi connectivity index (χ0) is 14.6. The molecule has 0 aliphatic rings. The molecule has 6 heteroatoms. The van der Waals surface area contributed by atoms with Crippen LogP contribution in [0.3, 0.4) is 0 Å². The topological polar surface area (TPSA) is 71.3 Å². The van der Waals surface area contributed by atoms with Crippen molar-refractivity contribution < 1.29 is 14.0 Å². The zero-order valence-electron chi connectivity index (χ0n) is 11.9. The molecule has 2 amide bonds. The first-order valence-electron chi connectivity index (χ1n) is 5.99. The van der Waals surface area contributed by atoms with E-state index in [1.165, 1.54) is 11.8 Å². The van der Waals surface area contributed by atoms with Gasteiger partial charge in [0.25, 0.3) is 5.91 Å². The largest absolute Gasteiger partial charge is 0.466 e. The number of nitrogens with one attached hydrogen (secondary N) is 2. The average molecular weight is 284 g/mol. The van der Waals surface area contributed by atoms with Crippen LogP contribution in [-0.4, -0.2) is 22.3 Å². The molecule has 0 spiro atoms. The second-order valence-corrected chi connectivity index (χ2v) is 7.03. The Balaban J connectivity index is 2.42. The van der Waals surface area contributed by atoms with Crippen molar-refractivity contribution in [3.05, 3.63) is 23.2 Å². The molecule has 106 valence electrons. The van der Waals surface area contributed by atoms with Crippen LogP contribution in [-0.2, 0) is 4.79 Å². The molecule has 0 bridgehead atoms. The summed E-state index contributed by atoms with van der Waals surface area (Å²) in [4.78, 5) is 23.3. The molecular weight excluding hydrogens is 264 g/mol. The van der Waals surface area contributed by atoms with E-state index >= 15 is 0 Å². The Bertz CT molecular complexity index is 475. The van der Waals surface area contributed by atoms with Crippen LogP contribution in [0.1, 0.15) is 42.6 Å². The number of hydrazine groups is 1. The van der Waals surface area contributed by atoms with Gasteiger partial charge in [0.05, 0.1) is 11.3 Å². The first-order valence-corrected chi connectivity index (χ1v) is 6.98. The molecule has 1 rings (SSSR count). The number of carbonyl (C=O) groups is 2. The number of rotatable bonds is 3. The summed E-state index contributed by atoms with van der Waals surface area (Å²) in [6.45, 7) is 9.56. The molecule has 0 aliphatic carbocycles. The van der Waals surface area contributed by atoms with Crippen LogP contribution in [0.4, 0.5) is 0 Å². The summed E-state index contributed by atoms with van der Waals surface area (Å²) in [6.07, 6.45) is 0. The lowest BCUT2D eigenvalue weighted by atomic mass is 10.2. The predicted octanol–water partition coefficient (Wildman–Crippen LogP) is 2.19. The number of furan rings is 1. The van der Waals surface area contributed by atoms with E-state index in [9.17, 15) is 9.59 Å². The van der Waals surface area contributed by atoms with Crippen LogP contribution in [0.2, 0.25) is 0 Å². The Labute approximate surface area is 117 Å². The highest BCUT2D eigenvalue weighted by Gasteiger charge is 2.16. The van der Waals surface area contributed by atoms with Crippen molar-refractivity contribution >= 4 is 23.6 Å². The summed E-state index contributed by atoms with van der Waals surface area (Å²) < 4.78 is 5.27. The SMILES string of the molecule is Cc1cc(C(=O)NNC(=O)CSC(C)(C)C)c(C)o1. The number of aryl methyl sites for hydroxylation is 2. The van der Waals surface area contributed by atoms with Crippen LogP contribution in [0.15, 0.2) is 10.5 Å². The minimum Gasteiger partial charge on any atom is -0.466 e. The van der Waals surface area contributed by atoms with Gasteiger partial charge >= 0.3 is 0 Å². The van der Waals surface area contributed by atoms with E-state index in [1.54, 1.807) is 19.9 Å². The predicted molar refractivity (Wildman–Crippen MR) is 76.0 cm³/mol. The van der Waals surface area contributed by atoms with Gasteiger partial charge in [-0.2, -0.15) is 0 Å². The Hall–Kier alpha value is -1.43. The molecule has 1 heterocycles. The van der Waals surface area contributed by atoms with Crippen molar-refractivity contribution in [3.8, 4) is 0 Å². The maximum atomic E-state index is 11.8. The fourth-order valence-electron chi connectivity index (χ4n) is 1.37. The summed E-state index contributed by atoms with van der Waals surface area (Å²) in [7, 11) is 0. The first-order chi connectivity index (χ1) is 8.69. The maximum Gasteiger partial charge on any atom is 0.273 e. The van der Waals surface area contributed by atoms with Gasteiger partial charge in [-0.3, -0.25) is 20.4 Å². The number of carbonyl (C=O) groups excluding carboxylic acids is 2. The molecule has 0 saturated heterocycles. The molecule has 0 aromatic carbocycles. The molecule has 0 saturated carbocycles. The highest BCUT2D eigenvalue weighted by molar-refractivity contribution is 8.01. The van der Waals surface area contributed by atoms with Crippen molar-refractivity contribution in [3.63, 3.8) is 0 Å². The van der Waals surface area contributed by atoms with Crippen LogP contribution in [0.5, 0.6) is 0 Å². The fourth-order valence-corrected chi connectivity index (χ4v) is 2.00. The third-order valence-electron chi connectivity index (χ3n) is 2.24. The summed E-state index contributed by atoms with van der Waals surface area (Å²) >= 11 is 1.51. The number of amides is 2. The maximum absolute atomic E-state index is 11.8. The average Bonchev–Trinajstić information content (AvgIpc) is 2.61. The highest BCUT2D eigenvalue weighted by Crippen LogP contribution is 2.22. The number of hydrogen-bond acceptors (Lipinski definition) is 4. The lowest BCUT2D eigenvalue weighted by Crippen LogP contribution is -2.43. The molecule has 0 fully saturated rings. The van der Waals surface area contributed by atoms with Crippen molar-refractivity contribution in [2.45, 2.75) is 39.4 Å². The van der Waals surface area contributed by atoms with Crippen LogP contribution >= 0.6 is 11.8 Å². The molecule has 0 aliphatic heterocycles. The monoisotopic (exact) mass is 284 g/mol. The minimum absolute atomic E-state index is 0.0135. The molecule has 1 aromatic rings. The van der Waals surface area contributed by atoms with Crippen molar-refractivity contribution in [2.24, 2.45) is 0 Å². The van der Waals surface area contributed by atoms with Gasteiger partial charge in [0.2, 0.25) is 5.91 Å². The van der Waals surface area contributed by atoms with E-state index in [2.05, 4.69) is 10.9 Å². The lowest BCUT2D eigenvalue weighted by molar-refractivity contribution is -0.119. The van der Waals surface area contributed by atoms with E-state index in [0.29, 0.717) is 22.8 Å². The Morgan fingerprint density at radius 3 is 2.37 bits per heavy atom. The normalized spacial score (nSPS) is 11.2. The number of thioether (sulfide) groups is 1. The fraction of sp³-hybridized carbons (Fsp3) is 0.538. The van der Waals surface area contributed by atoms with Gasteiger partial charge in [-0.1, -0.05) is 20.8 Å². The summed E-state index contributed by atoms with van der Waals surface area (Å²) in [6, 6.07) is 1.64. The second kappa shape index (κ2) is 6.14. The van der Waals surface area contributed by atoms with E-state index in [4.69, 9.17) is 4.42 Å². The van der Waals surface area contributed by atoms with Crippen LogP contribution in [0, 0.1) is 13.8 Å². The molecule has 0 unspecified atom stereocenters. The number of hydrogen-bond donors (Lipinski definition) is 2. The van der Waals surface area contributed by atoms with Crippen molar-refractivity contribution in [1.82, 2.24) is 10.9 Å². The molecular formula is C13H20N2O3S. The third kappa shape index (κ3) is 5.38.